The number of hydrogen-bond donors (Lipinski definition) is 1. The summed E-state index contributed by atoms with van der Waals surface area (Å²) in [6, 6.07) is 21.2. The van der Waals surface area contributed by atoms with Gasteiger partial charge in [-0.2, -0.15) is 0 Å². The maximum Gasteiger partial charge on any atom is 0.261 e. The third-order valence-electron chi connectivity index (χ3n) is 4.62. The fourth-order valence-corrected chi connectivity index (χ4v) is 3.03. The zero-order valence-electron chi connectivity index (χ0n) is 16.1. The minimum atomic E-state index is -0.473. The van der Waals surface area contributed by atoms with E-state index in [1.807, 2.05) is 49.4 Å². The number of amides is 1. The molecule has 0 fully saturated rings. The number of halogens is 1. The first-order valence-corrected chi connectivity index (χ1v) is 9.22. The van der Waals surface area contributed by atoms with E-state index in [9.17, 15) is 9.18 Å². The van der Waals surface area contributed by atoms with Crippen molar-refractivity contribution in [3.63, 3.8) is 0 Å². The number of aryl methyl sites for hydroxylation is 2. The first kappa shape index (κ1) is 18.6. The fourth-order valence-electron chi connectivity index (χ4n) is 3.03. The van der Waals surface area contributed by atoms with Crippen LogP contribution in [-0.4, -0.2) is 5.91 Å². The van der Waals surface area contributed by atoms with Crippen molar-refractivity contribution >= 4 is 28.3 Å². The number of nitrogens with one attached hydrogen (secondary N) is 1. The Morgan fingerprint density at radius 1 is 0.966 bits per heavy atom. The molecule has 0 saturated heterocycles. The van der Waals surface area contributed by atoms with Crippen molar-refractivity contribution in [1.82, 2.24) is 0 Å². The summed E-state index contributed by atoms with van der Waals surface area (Å²) in [4.78, 5) is 17.3. The van der Waals surface area contributed by atoms with E-state index in [0.717, 1.165) is 16.5 Å². The van der Waals surface area contributed by atoms with Gasteiger partial charge in [-0.05, 0) is 55.3 Å². The molecule has 1 aromatic heterocycles. The monoisotopic (exact) mass is 386 g/mol. The maximum atomic E-state index is 14.3. The average Bonchev–Trinajstić information content (AvgIpc) is 2.71. The summed E-state index contributed by atoms with van der Waals surface area (Å²) in [5, 5.41) is 3.64. The molecule has 4 rings (SSSR count). The largest absolute Gasteiger partial charge is 0.438 e. The molecule has 0 radical (unpaired) electrons. The normalized spacial score (nSPS) is 11.6. The van der Waals surface area contributed by atoms with E-state index < -0.39 is 5.82 Å². The first-order chi connectivity index (χ1) is 14.0. The molecule has 4 nitrogen and oxygen atoms in total. The Labute approximate surface area is 167 Å². The molecule has 0 bridgehead atoms. The van der Waals surface area contributed by atoms with Crippen molar-refractivity contribution in [2.24, 2.45) is 4.99 Å². The molecule has 0 atom stereocenters. The van der Waals surface area contributed by atoms with Crippen LogP contribution in [0.2, 0.25) is 0 Å². The number of benzene rings is 3. The summed E-state index contributed by atoms with van der Waals surface area (Å²) < 4.78 is 20.2. The van der Waals surface area contributed by atoms with Gasteiger partial charge in [-0.3, -0.25) is 4.79 Å². The molecule has 29 heavy (non-hydrogen) atoms. The molecule has 1 amide bonds. The maximum absolute atomic E-state index is 14.3. The lowest BCUT2D eigenvalue weighted by Crippen LogP contribution is -2.22. The summed E-state index contributed by atoms with van der Waals surface area (Å²) in [6.45, 7) is 3.71. The van der Waals surface area contributed by atoms with Crippen LogP contribution in [0, 0.1) is 19.7 Å². The summed E-state index contributed by atoms with van der Waals surface area (Å²) in [6.07, 6.45) is 0. The van der Waals surface area contributed by atoms with Gasteiger partial charge in [-0.25, -0.2) is 9.38 Å². The van der Waals surface area contributed by atoms with Crippen molar-refractivity contribution in [3.8, 4) is 0 Å². The highest BCUT2D eigenvalue weighted by molar-refractivity contribution is 6.05. The average molecular weight is 386 g/mol. The van der Waals surface area contributed by atoms with Crippen LogP contribution in [0.15, 0.2) is 82.2 Å². The Hall–Kier alpha value is -3.73. The van der Waals surface area contributed by atoms with Crippen LogP contribution < -0.4 is 10.9 Å². The van der Waals surface area contributed by atoms with Crippen LogP contribution in [0.1, 0.15) is 21.5 Å². The SMILES string of the molecule is Cc1ccc(N=c2oc3ccccc3cc2C(=O)Nc2ccccc2C)c(F)c1. The van der Waals surface area contributed by atoms with Crippen molar-refractivity contribution in [2.75, 3.05) is 5.32 Å². The predicted octanol–water partition coefficient (Wildman–Crippen LogP) is 5.67. The van der Waals surface area contributed by atoms with Gasteiger partial charge in [0.05, 0.1) is 0 Å². The van der Waals surface area contributed by atoms with E-state index in [1.165, 1.54) is 6.07 Å². The zero-order chi connectivity index (χ0) is 20.4. The van der Waals surface area contributed by atoms with E-state index in [1.54, 1.807) is 31.2 Å². The first-order valence-electron chi connectivity index (χ1n) is 9.22. The van der Waals surface area contributed by atoms with Crippen molar-refractivity contribution < 1.29 is 13.6 Å². The Morgan fingerprint density at radius 2 is 1.72 bits per heavy atom. The molecule has 0 aliphatic rings. The number of nitrogens with zero attached hydrogens (tertiary/aromatic N) is 1. The summed E-state index contributed by atoms with van der Waals surface area (Å²) in [7, 11) is 0. The lowest BCUT2D eigenvalue weighted by molar-refractivity contribution is 0.102. The Kier molecular flexibility index (Phi) is 4.96. The van der Waals surface area contributed by atoms with E-state index in [-0.39, 0.29) is 22.7 Å². The Bertz CT molecular complexity index is 1290. The molecular formula is C24H19FN2O2. The van der Waals surface area contributed by atoms with Gasteiger partial charge in [0, 0.05) is 11.1 Å². The van der Waals surface area contributed by atoms with E-state index in [0.29, 0.717) is 11.3 Å². The lowest BCUT2D eigenvalue weighted by Gasteiger charge is -2.09. The highest BCUT2D eigenvalue weighted by atomic mass is 19.1. The van der Waals surface area contributed by atoms with Crippen LogP contribution in [0.5, 0.6) is 0 Å². The number of carbonyl (C=O) groups is 1. The number of hydrogen-bond acceptors (Lipinski definition) is 3. The Balaban J connectivity index is 1.87. The van der Waals surface area contributed by atoms with Crippen molar-refractivity contribution in [2.45, 2.75) is 13.8 Å². The number of para-hydroxylation sites is 2. The molecule has 0 unspecified atom stereocenters. The smallest absolute Gasteiger partial charge is 0.261 e. The van der Waals surface area contributed by atoms with E-state index in [4.69, 9.17) is 4.42 Å². The fraction of sp³-hybridized carbons (Fsp3) is 0.0833. The van der Waals surface area contributed by atoms with Crippen molar-refractivity contribution in [1.29, 1.82) is 0 Å². The van der Waals surface area contributed by atoms with Gasteiger partial charge in [0.15, 0.2) is 0 Å². The minimum absolute atomic E-state index is 0.0533. The second-order valence-electron chi connectivity index (χ2n) is 6.84. The molecule has 144 valence electrons. The molecular weight excluding hydrogens is 367 g/mol. The van der Waals surface area contributed by atoms with Gasteiger partial charge in [0.25, 0.3) is 5.91 Å². The van der Waals surface area contributed by atoms with Crippen LogP contribution >= 0.6 is 0 Å². The molecule has 1 N–H and O–H groups in total. The molecule has 0 aliphatic carbocycles. The molecule has 0 aliphatic heterocycles. The topological polar surface area (TPSA) is 54.6 Å². The number of rotatable bonds is 3. The second kappa shape index (κ2) is 7.72. The number of fused-ring (bicyclic) bond motifs is 1. The molecule has 1 heterocycles. The van der Waals surface area contributed by atoms with Crippen LogP contribution in [0.4, 0.5) is 15.8 Å². The lowest BCUT2D eigenvalue weighted by atomic mass is 10.1. The number of anilines is 1. The Morgan fingerprint density at radius 3 is 2.52 bits per heavy atom. The highest BCUT2D eigenvalue weighted by Crippen LogP contribution is 2.20. The van der Waals surface area contributed by atoms with Gasteiger partial charge in [-0.15, -0.1) is 0 Å². The quantitative estimate of drug-likeness (QED) is 0.493. The van der Waals surface area contributed by atoms with Gasteiger partial charge < -0.3 is 9.73 Å². The summed E-state index contributed by atoms with van der Waals surface area (Å²) in [5.41, 5.74) is 3.37. The molecule has 5 heteroatoms. The van der Waals surface area contributed by atoms with Gasteiger partial charge in [0.2, 0.25) is 5.55 Å². The van der Waals surface area contributed by atoms with Crippen LogP contribution in [-0.2, 0) is 0 Å². The van der Waals surface area contributed by atoms with E-state index >= 15 is 0 Å². The summed E-state index contributed by atoms with van der Waals surface area (Å²) >= 11 is 0. The standard InChI is InChI=1S/C24H19FN2O2/c1-15-11-12-21(19(25)13-15)27-24-18(14-17-8-4-6-10-22(17)29-24)23(28)26-20-9-5-3-7-16(20)2/h3-14H,1-2H3,(H,26,28). The highest BCUT2D eigenvalue weighted by Gasteiger charge is 2.14. The van der Waals surface area contributed by atoms with Gasteiger partial charge in [-0.1, -0.05) is 42.5 Å². The molecule has 3 aromatic carbocycles. The van der Waals surface area contributed by atoms with Crippen LogP contribution in [0.25, 0.3) is 11.0 Å². The van der Waals surface area contributed by atoms with Crippen molar-refractivity contribution in [3.05, 3.63) is 101 Å². The molecule has 4 aromatic rings. The zero-order valence-corrected chi connectivity index (χ0v) is 16.1. The molecule has 0 spiro atoms. The third-order valence-corrected chi connectivity index (χ3v) is 4.62. The second-order valence-corrected chi connectivity index (χ2v) is 6.84. The van der Waals surface area contributed by atoms with Gasteiger partial charge >= 0.3 is 0 Å². The molecule has 0 saturated carbocycles. The van der Waals surface area contributed by atoms with Gasteiger partial charge in [0.1, 0.15) is 22.7 Å². The van der Waals surface area contributed by atoms with Crippen LogP contribution in [0.3, 0.4) is 0 Å². The van der Waals surface area contributed by atoms with E-state index in [2.05, 4.69) is 10.3 Å². The minimum Gasteiger partial charge on any atom is -0.438 e. The summed E-state index contributed by atoms with van der Waals surface area (Å²) in [5.74, 6) is -0.848. The predicted molar refractivity (Wildman–Crippen MR) is 112 cm³/mol. The third kappa shape index (κ3) is 3.94. The number of carbonyl (C=O) groups excluding carboxylic acids is 1.